The summed E-state index contributed by atoms with van der Waals surface area (Å²) in [5, 5.41) is 0. The van der Waals surface area contributed by atoms with E-state index in [-0.39, 0.29) is 6.04 Å². The standard InChI is InChI=1S/C19H24N2/c1-21(2)18-11-9-15(10-12-18)19(20)17-8-4-7-16(13-17)14-5-3-6-14/h4,7-14,19H,3,5-6,20H2,1-2H3. The van der Waals surface area contributed by atoms with Crippen LogP contribution in [0.5, 0.6) is 0 Å². The van der Waals surface area contributed by atoms with Crippen LogP contribution in [0.25, 0.3) is 0 Å². The van der Waals surface area contributed by atoms with Gasteiger partial charge in [-0.15, -0.1) is 0 Å². The van der Waals surface area contributed by atoms with Crippen molar-refractivity contribution in [2.45, 2.75) is 31.2 Å². The first-order valence-electron chi connectivity index (χ1n) is 7.78. The summed E-state index contributed by atoms with van der Waals surface area (Å²) in [6, 6.07) is 17.3. The van der Waals surface area contributed by atoms with Gasteiger partial charge in [-0.25, -0.2) is 0 Å². The van der Waals surface area contributed by atoms with Gasteiger partial charge in [0.1, 0.15) is 0 Å². The lowest BCUT2D eigenvalue weighted by Gasteiger charge is -2.26. The largest absolute Gasteiger partial charge is 0.378 e. The van der Waals surface area contributed by atoms with E-state index in [1.54, 1.807) is 0 Å². The topological polar surface area (TPSA) is 29.3 Å². The van der Waals surface area contributed by atoms with Crippen LogP contribution < -0.4 is 10.6 Å². The predicted molar refractivity (Wildman–Crippen MR) is 89.8 cm³/mol. The van der Waals surface area contributed by atoms with Crippen molar-refractivity contribution in [1.29, 1.82) is 0 Å². The predicted octanol–water partition coefficient (Wildman–Crippen LogP) is 4.07. The molecule has 1 fully saturated rings. The molecule has 2 nitrogen and oxygen atoms in total. The summed E-state index contributed by atoms with van der Waals surface area (Å²) in [7, 11) is 4.11. The fourth-order valence-corrected chi connectivity index (χ4v) is 2.92. The lowest BCUT2D eigenvalue weighted by molar-refractivity contribution is 0.419. The second-order valence-corrected chi connectivity index (χ2v) is 6.26. The van der Waals surface area contributed by atoms with Gasteiger partial charge in [-0.05, 0) is 47.6 Å². The summed E-state index contributed by atoms with van der Waals surface area (Å²) in [5.74, 6) is 0.758. The molecule has 0 amide bonds. The van der Waals surface area contributed by atoms with Gasteiger partial charge >= 0.3 is 0 Å². The summed E-state index contributed by atoms with van der Waals surface area (Å²) in [6.45, 7) is 0. The zero-order valence-corrected chi connectivity index (χ0v) is 12.9. The second kappa shape index (κ2) is 5.90. The molecule has 1 saturated carbocycles. The minimum Gasteiger partial charge on any atom is -0.378 e. The number of nitrogens with two attached hydrogens (primary N) is 1. The van der Waals surface area contributed by atoms with E-state index in [1.807, 2.05) is 0 Å². The molecular weight excluding hydrogens is 256 g/mol. The monoisotopic (exact) mass is 280 g/mol. The second-order valence-electron chi connectivity index (χ2n) is 6.26. The molecule has 1 unspecified atom stereocenters. The maximum Gasteiger partial charge on any atom is 0.0551 e. The first-order valence-corrected chi connectivity index (χ1v) is 7.78. The summed E-state index contributed by atoms with van der Waals surface area (Å²) in [4.78, 5) is 2.10. The van der Waals surface area contributed by atoms with Crippen LogP contribution in [0.1, 0.15) is 47.9 Å². The van der Waals surface area contributed by atoms with Crippen molar-refractivity contribution in [3.63, 3.8) is 0 Å². The van der Waals surface area contributed by atoms with Gasteiger partial charge in [0.15, 0.2) is 0 Å². The van der Waals surface area contributed by atoms with E-state index in [0.29, 0.717) is 0 Å². The summed E-state index contributed by atoms with van der Waals surface area (Å²) in [6.07, 6.45) is 4.03. The van der Waals surface area contributed by atoms with Crippen molar-refractivity contribution in [1.82, 2.24) is 0 Å². The van der Waals surface area contributed by atoms with E-state index >= 15 is 0 Å². The molecule has 0 bridgehead atoms. The van der Waals surface area contributed by atoms with E-state index in [0.717, 1.165) is 5.92 Å². The van der Waals surface area contributed by atoms with E-state index in [4.69, 9.17) is 5.73 Å². The summed E-state index contributed by atoms with van der Waals surface area (Å²) in [5.41, 5.74) is 11.5. The fraction of sp³-hybridized carbons (Fsp3) is 0.368. The zero-order valence-electron chi connectivity index (χ0n) is 12.9. The number of anilines is 1. The van der Waals surface area contributed by atoms with Gasteiger partial charge in [0.05, 0.1) is 6.04 Å². The Bertz CT molecular complexity index is 597. The molecule has 1 aliphatic carbocycles. The molecule has 1 aliphatic rings. The van der Waals surface area contributed by atoms with E-state index in [9.17, 15) is 0 Å². The van der Waals surface area contributed by atoms with Crippen LogP contribution in [-0.2, 0) is 0 Å². The van der Waals surface area contributed by atoms with E-state index < -0.39 is 0 Å². The summed E-state index contributed by atoms with van der Waals surface area (Å²) < 4.78 is 0. The average Bonchev–Trinajstić information content (AvgIpc) is 2.45. The highest BCUT2D eigenvalue weighted by Crippen LogP contribution is 2.37. The van der Waals surface area contributed by atoms with Crippen LogP contribution in [0.3, 0.4) is 0 Å². The Balaban J connectivity index is 1.82. The highest BCUT2D eigenvalue weighted by atomic mass is 15.1. The van der Waals surface area contributed by atoms with Crippen LogP contribution in [0.4, 0.5) is 5.69 Å². The maximum absolute atomic E-state index is 6.46. The molecule has 3 rings (SSSR count). The lowest BCUT2D eigenvalue weighted by atomic mass is 9.79. The third kappa shape index (κ3) is 2.96. The minimum absolute atomic E-state index is 0.0405. The first-order chi connectivity index (χ1) is 10.1. The van der Waals surface area contributed by atoms with Gasteiger partial charge in [-0.1, -0.05) is 42.8 Å². The van der Waals surface area contributed by atoms with Crippen LogP contribution in [0, 0.1) is 0 Å². The van der Waals surface area contributed by atoms with Crippen LogP contribution in [-0.4, -0.2) is 14.1 Å². The number of hydrogen-bond donors (Lipinski definition) is 1. The zero-order chi connectivity index (χ0) is 14.8. The molecular formula is C19H24N2. The third-order valence-corrected chi connectivity index (χ3v) is 4.61. The Morgan fingerprint density at radius 2 is 1.71 bits per heavy atom. The molecule has 1 atom stereocenters. The Kier molecular flexibility index (Phi) is 3.98. The minimum atomic E-state index is -0.0405. The van der Waals surface area contributed by atoms with Crippen molar-refractivity contribution in [2.24, 2.45) is 5.73 Å². The molecule has 0 aromatic heterocycles. The van der Waals surface area contributed by atoms with Crippen molar-refractivity contribution < 1.29 is 0 Å². The van der Waals surface area contributed by atoms with Crippen LogP contribution >= 0.6 is 0 Å². The van der Waals surface area contributed by atoms with Crippen LogP contribution in [0.15, 0.2) is 48.5 Å². The Labute approximate surface area is 127 Å². The van der Waals surface area contributed by atoms with Gasteiger partial charge < -0.3 is 10.6 Å². The van der Waals surface area contributed by atoms with E-state index in [1.165, 1.54) is 41.6 Å². The number of hydrogen-bond acceptors (Lipinski definition) is 2. The van der Waals surface area contributed by atoms with Gasteiger partial charge in [-0.2, -0.15) is 0 Å². The fourth-order valence-electron chi connectivity index (χ4n) is 2.92. The Morgan fingerprint density at radius 3 is 2.29 bits per heavy atom. The molecule has 2 aromatic carbocycles. The molecule has 0 spiro atoms. The van der Waals surface area contributed by atoms with E-state index in [2.05, 4.69) is 67.5 Å². The van der Waals surface area contributed by atoms with Gasteiger partial charge in [0.2, 0.25) is 0 Å². The maximum atomic E-state index is 6.46. The number of benzene rings is 2. The first kappa shape index (κ1) is 14.2. The Morgan fingerprint density at radius 1 is 1.00 bits per heavy atom. The number of rotatable bonds is 4. The van der Waals surface area contributed by atoms with Gasteiger partial charge in [-0.3, -0.25) is 0 Å². The number of nitrogens with zero attached hydrogens (tertiary/aromatic N) is 1. The molecule has 0 saturated heterocycles. The molecule has 110 valence electrons. The molecule has 21 heavy (non-hydrogen) atoms. The molecule has 0 heterocycles. The summed E-state index contributed by atoms with van der Waals surface area (Å²) >= 11 is 0. The SMILES string of the molecule is CN(C)c1ccc(C(N)c2cccc(C3CCC3)c2)cc1. The van der Waals surface area contributed by atoms with Crippen LogP contribution in [0.2, 0.25) is 0 Å². The van der Waals surface area contributed by atoms with Crippen molar-refractivity contribution >= 4 is 5.69 Å². The normalized spacial score (nSPS) is 16.3. The molecule has 0 radical (unpaired) electrons. The molecule has 2 heteroatoms. The van der Waals surface area contributed by atoms with Gasteiger partial charge in [0, 0.05) is 19.8 Å². The lowest BCUT2D eigenvalue weighted by Crippen LogP contribution is -2.14. The van der Waals surface area contributed by atoms with Gasteiger partial charge in [0.25, 0.3) is 0 Å². The Hall–Kier alpha value is -1.80. The molecule has 2 aromatic rings. The van der Waals surface area contributed by atoms with Crippen molar-refractivity contribution in [2.75, 3.05) is 19.0 Å². The smallest absolute Gasteiger partial charge is 0.0551 e. The molecule has 2 N–H and O–H groups in total. The average molecular weight is 280 g/mol. The van der Waals surface area contributed by atoms with Crippen molar-refractivity contribution in [3.8, 4) is 0 Å². The highest BCUT2D eigenvalue weighted by molar-refractivity contribution is 5.47. The van der Waals surface area contributed by atoms with Crippen molar-refractivity contribution in [3.05, 3.63) is 65.2 Å². The molecule has 0 aliphatic heterocycles. The third-order valence-electron chi connectivity index (χ3n) is 4.61. The quantitative estimate of drug-likeness (QED) is 0.914. The highest BCUT2D eigenvalue weighted by Gasteiger charge is 2.20.